The van der Waals surface area contributed by atoms with Crippen LogP contribution in [0.15, 0.2) is 0 Å². The maximum Gasteiger partial charge on any atom is 0.0664 e. The highest BCUT2D eigenvalue weighted by molar-refractivity contribution is 4.64. The average molecular weight is 117 g/mol. The van der Waals surface area contributed by atoms with E-state index < -0.39 is 0 Å². The lowest BCUT2D eigenvalue weighted by Crippen LogP contribution is -2.34. The van der Waals surface area contributed by atoms with E-state index in [1.807, 2.05) is 25.9 Å². The number of nitrogens with zero attached hydrogens (tertiary/aromatic N) is 1. The van der Waals surface area contributed by atoms with Gasteiger partial charge in [-0.15, -0.1) is 0 Å². The van der Waals surface area contributed by atoms with Gasteiger partial charge in [0.1, 0.15) is 0 Å². The van der Waals surface area contributed by atoms with Gasteiger partial charge in [-0.05, 0) is 27.9 Å². The molecule has 0 rings (SSSR count). The Morgan fingerprint density at radius 1 is 1.25 bits per heavy atom. The molecule has 2 heteroatoms. The van der Waals surface area contributed by atoms with E-state index in [0.717, 1.165) is 0 Å². The smallest absolute Gasteiger partial charge is 0.0664 e. The molecule has 0 aliphatic rings. The summed E-state index contributed by atoms with van der Waals surface area (Å²) in [6.07, 6.45) is -0.231. The SMILES string of the molecule is C[C@H](O)[C@H](C)N(C)C. The van der Waals surface area contributed by atoms with Gasteiger partial charge in [0, 0.05) is 6.04 Å². The van der Waals surface area contributed by atoms with Crippen LogP contribution in [0.5, 0.6) is 0 Å². The third-order valence-corrected chi connectivity index (χ3v) is 1.51. The molecule has 2 atom stereocenters. The van der Waals surface area contributed by atoms with Gasteiger partial charge in [-0.3, -0.25) is 0 Å². The summed E-state index contributed by atoms with van der Waals surface area (Å²) in [4.78, 5) is 1.99. The van der Waals surface area contributed by atoms with E-state index in [0.29, 0.717) is 0 Å². The first-order chi connectivity index (χ1) is 3.55. The molecule has 0 amide bonds. The van der Waals surface area contributed by atoms with Crippen molar-refractivity contribution in [3.8, 4) is 0 Å². The Morgan fingerprint density at radius 3 is 1.62 bits per heavy atom. The first-order valence-electron chi connectivity index (χ1n) is 2.90. The van der Waals surface area contributed by atoms with Crippen LogP contribution in [0.3, 0.4) is 0 Å². The van der Waals surface area contributed by atoms with Crippen LogP contribution in [0.4, 0.5) is 0 Å². The first kappa shape index (κ1) is 7.92. The monoisotopic (exact) mass is 117 g/mol. The fourth-order valence-electron chi connectivity index (χ4n) is 0.431. The zero-order valence-corrected chi connectivity index (χ0v) is 6.05. The molecule has 0 aromatic rings. The summed E-state index contributed by atoms with van der Waals surface area (Å²) in [6.45, 7) is 3.79. The molecule has 0 aliphatic carbocycles. The van der Waals surface area contributed by atoms with Crippen LogP contribution >= 0.6 is 0 Å². The number of likely N-dealkylation sites (N-methyl/N-ethyl adjacent to an activating group) is 1. The van der Waals surface area contributed by atoms with Gasteiger partial charge in [-0.25, -0.2) is 0 Å². The van der Waals surface area contributed by atoms with E-state index in [9.17, 15) is 0 Å². The highest BCUT2D eigenvalue weighted by Crippen LogP contribution is 1.96. The zero-order valence-electron chi connectivity index (χ0n) is 6.05. The molecule has 0 spiro atoms. The maximum atomic E-state index is 8.95. The van der Waals surface area contributed by atoms with Crippen molar-refractivity contribution in [2.24, 2.45) is 0 Å². The van der Waals surface area contributed by atoms with Crippen molar-refractivity contribution < 1.29 is 5.11 Å². The molecule has 0 radical (unpaired) electrons. The fourth-order valence-corrected chi connectivity index (χ4v) is 0.431. The predicted octanol–water partition coefficient (Wildman–Crippen LogP) is 0.317. The summed E-state index contributed by atoms with van der Waals surface area (Å²) in [5, 5.41) is 8.95. The van der Waals surface area contributed by atoms with Crippen LogP contribution in [0.1, 0.15) is 13.8 Å². The second-order valence-corrected chi connectivity index (χ2v) is 2.44. The molecular formula is C6H15NO. The second-order valence-electron chi connectivity index (χ2n) is 2.44. The summed E-state index contributed by atoms with van der Waals surface area (Å²) in [5.41, 5.74) is 0. The Hall–Kier alpha value is -0.0800. The Kier molecular flexibility index (Phi) is 3.02. The minimum atomic E-state index is -0.231. The topological polar surface area (TPSA) is 23.5 Å². The summed E-state index contributed by atoms with van der Waals surface area (Å²) >= 11 is 0. The van der Waals surface area contributed by atoms with Crippen molar-refractivity contribution in [1.29, 1.82) is 0 Å². The highest BCUT2D eigenvalue weighted by atomic mass is 16.3. The third-order valence-electron chi connectivity index (χ3n) is 1.51. The summed E-state index contributed by atoms with van der Waals surface area (Å²) in [7, 11) is 3.91. The summed E-state index contributed by atoms with van der Waals surface area (Å²) in [5.74, 6) is 0. The highest BCUT2D eigenvalue weighted by Gasteiger charge is 2.08. The summed E-state index contributed by atoms with van der Waals surface area (Å²) < 4.78 is 0. The molecule has 0 saturated heterocycles. The minimum absolute atomic E-state index is 0.231. The van der Waals surface area contributed by atoms with E-state index in [2.05, 4.69) is 0 Å². The number of hydrogen-bond donors (Lipinski definition) is 1. The van der Waals surface area contributed by atoms with Crippen molar-refractivity contribution in [2.75, 3.05) is 14.1 Å². The predicted molar refractivity (Wildman–Crippen MR) is 34.8 cm³/mol. The molecule has 0 aromatic carbocycles. The van der Waals surface area contributed by atoms with Gasteiger partial charge >= 0.3 is 0 Å². The summed E-state index contributed by atoms with van der Waals surface area (Å²) in [6, 6.07) is 0.259. The molecule has 0 aromatic heterocycles. The lowest BCUT2D eigenvalue weighted by Gasteiger charge is -2.21. The first-order valence-corrected chi connectivity index (χ1v) is 2.90. The van der Waals surface area contributed by atoms with Crippen molar-refractivity contribution in [3.05, 3.63) is 0 Å². The van der Waals surface area contributed by atoms with Crippen LogP contribution in [0.2, 0.25) is 0 Å². The number of aliphatic hydroxyl groups excluding tert-OH is 1. The Bertz CT molecular complexity index is 53.5. The molecule has 0 fully saturated rings. The van der Waals surface area contributed by atoms with E-state index >= 15 is 0 Å². The van der Waals surface area contributed by atoms with Gasteiger partial charge < -0.3 is 10.0 Å². The van der Waals surface area contributed by atoms with Gasteiger partial charge in [0.15, 0.2) is 0 Å². The number of hydrogen-bond acceptors (Lipinski definition) is 2. The molecule has 50 valence electrons. The Labute approximate surface area is 51.1 Å². The van der Waals surface area contributed by atoms with Crippen LogP contribution in [0, 0.1) is 0 Å². The second kappa shape index (κ2) is 3.05. The lowest BCUT2D eigenvalue weighted by atomic mass is 10.2. The lowest BCUT2D eigenvalue weighted by molar-refractivity contribution is 0.101. The van der Waals surface area contributed by atoms with Crippen molar-refractivity contribution in [2.45, 2.75) is 26.0 Å². The average Bonchev–Trinajstić information content (AvgIpc) is 1.64. The van der Waals surface area contributed by atoms with Crippen LogP contribution < -0.4 is 0 Å². The zero-order chi connectivity index (χ0) is 6.73. The molecule has 0 unspecified atom stereocenters. The van der Waals surface area contributed by atoms with Gasteiger partial charge in [-0.2, -0.15) is 0 Å². The molecule has 0 aliphatic heterocycles. The van der Waals surface area contributed by atoms with E-state index in [1.165, 1.54) is 0 Å². The number of rotatable bonds is 2. The maximum absolute atomic E-state index is 8.95. The molecule has 0 heterocycles. The molecule has 2 nitrogen and oxygen atoms in total. The Balaban J connectivity index is 3.46. The van der Waals surface area contributed by atoms with Gasteiger partial charge in [0.25, 0.3) is 0 Å². The standard InChI is InChI=1S/C6H15NO/c1-5(6(2)8)7(3)4/h5-6,8H,1-4H3/t5-,6-/m0/s1. The van der Waals surface area contributed by atoms with Crippen molar-refractivity contribution >= 4 is 0 Å². The van der Waals surface area contributed by atoms with Crippen molar-refractivity contribution in [1.82, 2.24) is 4.90 Å². The fraction of sp³-hybridized carbons (Fsp3) is 1.00. The largest absolute Gasteiger partial charge is 0.392 e. The van der Waals surface area contributed by atoms with Crippen molar-refractivity contribution in [3.63, 3.8) is 0 Å². The number of aliphatic hydroxyl groups is 1. The molecule has 0 saturated carbocycles. The minimum Gasteiger partial charge on any atom is -0.392 e. The van der Waals surface area contributed by atoms with Crippen LogP contribution in [-0.2, 0) is 0 Å². The van der Waals surface area contributed by atoms with E-state index in [4.69, 9.17) is 5.11 Å². The third kappa shape index (κ3) is 2.28. The van der Waals surface area contributed by atoms with Crippen LogP contribution in [0.25, 0.3) is 0 Å². The van der Waals surface area contributed by atoms with E-state index in [-0.39, 0.29) is 12.1 Å². The molecular weight excluding hydrogens is 102 g/mol. The normalized spacial score (nSPS) is 18.8. The molecule has 8 heavy (non-hydrogen) atoms. The molecule has 0 bridgehead atoms. The van der Waals surface area contributed by atoms with Gasteiger partial charge in [-0.1, -0.05) is 0 Å². The Morgan fingerprint density at radius 2 is 1.62 bits per heavy atom. The van der Waals surface area contributed by atoms with Gasteiger partial charge in [0.05, 0.1) is 6.10 Å². The van der Waals surface area contributed by atoms with Gasteiger partial charge in [0.2, 0.25) is 0 Å². The molecule has 1 N–H and O–H groups in total. The van der Waals surface area contributed by atoms with E-state index in [1.54, 1.807) is 6.92 Å². The van der Waals surface area contributed by atoms with Crippen LogP contribution in [-0.4, -0.2) is 36.2 Å². The quantitative estimate of drug-likeness (QED) is 0.563.